The van der Waals surface area contributed by atoms with Crippen molar-refractivity contribution in [3.63, 3.8) is 0 Å². The number of benzene rings is 2. The lowest BCUT2D eigenvalue weighted by Crippen LogP contribution is -2.40. The largest absolute Gasteiger partial charge is 0.446 e. The lowest BCUT2D eigenvalue weighted by Gasteiger charge is -2.25. The molecule has 10 heteroatoms. The van der Waals surface area contributed by atoms with Crippen LogP contribution in [-0.4, -0.2) is 52.4 Å². The molecule has 5 nitrogen and oxygen atoms in total. The highest BCUT2D eigenvalue weighted by Crippen LogP contribution is 2.38. The molecule has 0 atom stereocenters. The average molecular weight is 468 g/mol. The summed E-state index contributed by atoms with van der Waals surface area (Å²) in [6.07, 6.45) is 0. The summed E-state index contributed by atoms with van der Waals surface area (Å²) in [7, 11) is 0. The number of carbonyl (C=O) groups excluding carboxylic acids is 1. The second-order valence-electron chi connectivity index (χ2n) is 6.79. The lowest BCUT2D eigenvalue weighted by atomic mass is 10.1. The van der Waals surface area contributed by atoms with Gasteiger partial charge < -0.3 is 9.64 Å². The van der Waals surface area contributed by atoms with Crippen molar-refractivity contribution in [1.29, 1.82) is 0 Å². The molecule has 3 aromatic rings. The Balaban J connectivity index is 1.78. The number of aromatic nitrogens is 2. The molecule has 1 amide bonds. The number of ether oxygens (including phenoxy) is 1. The Bertz CT molecular complexity index is 1100. The number of thioether (sulfide) groups is 1. The topological polar surface area (TPSA) is 47.4 Å². The number of carbonyl (C=O) groups is 1. The van der Waals surface area contributed by atoms with Gasteiger partial charge in [0.1, 0.15) is 0 Å². The molecule has 1 aliphatic rings. The molecule has 2 aromatic carbocycles. The van der Waals surface area contributed by atoms with Crippen molar-refractivity contribution in [3.8, 4) is 16.9 Å². The maximum atomic E-state index is 13.0. The minimum absolute atomic E-state index is 0.0462. The number of alkyl halides is 3. The van der Waals surface area contributed by atoms with E-state index in [9.17, 15) is 18.0 Å². The SMILES string of the molecule is O=C(c1cc(-c2cccc(SC(F)(F)F)c2)n(-c2cccc(Cl)c2)n1)N1CCOCC1. The number of nitrogens with zero attached hydrogens (tertiary/aromatic N) is 3. The van der Waals surface area contributed by atoms with Gasteiger partial charge in [-0.25, -0.2) is 4.68 Å². The second-order valence-corrected chi connectivity index (χ2v) is 8.36. The molecule has 0 bridgehead atoms. The first-order chi connectivity index (χ1) is 14.8. The molecule has 1 fully saturated rings. The van der Waals surface area contributed by atoms with Crippen molar-refractivity contribution in [1.82, 2.24) is 14.7 Å². The Labute approximate surface area is 185 Å². The minimum atomic E-state index is -4.40. The van der Waals surface area contributed by atoms with Crippen molar-refractivity contribution in [2.75, 3.05) is 26.3 Å². The van der Waals surface area contributed by atoms with Gasteiger partial charge in [-0.15, -0.1) is 0 Å². The Morgan fingerprint density at radius 2 is 1.81 bits per heavy atom. The highest BCUT2D eigenvalue weighted by Gasteiger charge is 2.29. The van der Waals surface area contributed by atoms with Crippen LogP contribution < -0.4 is 0 Å². The first-order valence-electron chi connectivity index (χ1n) is 9.39. The molecule has 0 saturated carbocycles. The van der Waals surface area contributed by atoms with Crippen molar-refractivity contribution in [2.24, 2.45) is 0 Å². The van der Waals surface area contributed by atoms with E-state index in [0.717, 1.165) is 0 Å². The van der Waals surface area contributed by atoms with Crippen molar-refractivity contribution >= 4 is 29.3 Å². The Morgan fingerprint density at radius 3 is 2.52 bits per heavy atom. The Hall–Kier alpha value is -2.49. The monoisotopic (exact) mass is 467 g/mol. The first-order valence-corrected chi connectivity index (χ1v) is 10.6. The van der Waals surface area contributed by atoms with E-state index < -0.39 is 5.51 Å². The zero-order chi connectivity index (χ0) is 22.0. The van der Waals surface area contributed by atoms with Crippen LogP contribution in [0.5, 0.6) is 0 Å². The van der Waals surface area contributed by atoms with Crippen LogP contribution in [0, 0.1) is 0 Å². The van der Waals surface area contributed by atoms with Crippen LogP contribution in [-0.2, 0) is 4.74 Å². The van der Waals surface area contributed by atoms with Crippen LogP contribution in [0.25, 0.3) is 16.9 Å². The zero-order valence-electron chi connectivity index (χ0n) is 16.1. The summed E-state index contributed by atoms with van der Waals surface area (Å²) in [5.41, 5.74) is -2.61. The van der Waals surface area contributed by atoms with Crippen LogP contribution in [0.4, 0.5) is 13.2 Å². The van der Waals surface area contributed by atoms with Gasteiger partial charge in [-0.1, -0.05) is 29.8 Å². The van der Waals surface area contributed by atoms with Gasteiger partial charge in [0.15, 0.2) is 5.69 Å². The van der Waals surface area contributed by atoms with Crippen molar-refractivity contribution in [3.05, 3.63) is 65.3 Å². The van der Waals surface area contributed by atoms with Crippen molar-refractivity contribution in [2.45, 2.75) is 10.4 Å². The van der Waals surface area contributed by atoms with Gasteiger partial charge in [-0.05, 0) is 48.2 Å². The predicted octanol–water partition coefficient (Wildman–Crippen LogP) is 5.28. The van der Waals surface area contributed by atoms with Gasteiger partial charge in [0.05, 0.1) is 24.6 Å². The van der Waals surface area contributed by atoms with Crippen LogP contribution in [0.1, 0.15) is 10.5 Å². The predicted molar refractivity (Wildman–Crippen MR) is 113 cm³/mol. The standard InChI is InChI=1S/C21H17ClF3N3O2S/c22-15-4-2-5-16(12-15)28-19(14-3-1-6-17(11-14)31-21(23,24)25)13-18(26-28)20(29)27-7-9-30-10-8-27/h1-6,11-13H,7-10H2. The molecular formula is C21H17ClF3N3O2S. The average Bonchev–Trinajstić information content (AvgIpc) is 3.18. The fourth-order valence-electron chi connectivity index (χ4n) is 3.28. The second kappa shape index (κ2) is 8.94. The molecule has 0 N–H and O–H groups in total. The number of amides is 1. The maximum absolute atomic E-state index is 13.0. The number of morpholine rings is 1. The summed E-state index contributed by atoms with van der Waals surface area (Å²) < 4.78 is 45.4. The third-order valence-corrected chi connectivity index (χ3v) is 5.60. The fraction of sp³-hybridized carbons (Fsp3) is 0.238. The van der Waals surface area contributed by atoms with Crippen LogP contribution in [0.3, 0.4) is 0 Å². The molecule has 31 heavy (non-hydrogen) atoms. The first kappa shape index (κ1) is 21.7. The van der Waals surface area contributed by atoms with Gasteiger partial charge in [0.2, 0.25) is 0 Å². The normalized spacial score (nSPS) is 14.6. The Morgan fingerprint density at radius 1 is 1.06 bits per heavy atom. The molecular weight excluding hydrogens is 451 g/mol. The molecule has 1 aromatic heterocycles. The molecule has 0 spiro atoms. The van der Waals surface area contributed by atoms with E-state index in [4.69, 9.17) is 16.3 Å². The molecule has 2 heterocycles. The van der Waals surface area contributed by atoms with Crippen LogP contribution >= 0.6 is 23.4 Å². The summed E-state index contributed by atoms with van der Waals surface area (Å²) in [5.74, 6) is -0.258. The third-order valence-electron chi connectivity index (χ3n) is 4.64. The van der Waals surface area contributed by atoms with Gasteiger partial charge in [-0.2, -0.15) is 18.3 Å². The molecule has 1 saturated heterocycles. The van der Waals surface area contributed by atoms with Gasteiger partial charge in [-0.3, -0.25) is 4.79 Å². The molecule has 4 rings (SSSR count). The number of hydrogen-bond donors (Lipinski definition) is 0. The van der Waals surface area contributed by atoms with E-state index >= 15 is 0 Å². The van der Waals surface area contributed by atoms with E-state index in [1.807, 2.05) is 0 Å². The lowest BCUT2D eigenvalue weighted by molar-refractivity contribution is -0.0328. The number of halogens is 4. The van der Waals surface area contributed by atoms with E-state index in [1.165, 1.54) is 16.8 Å². The fourth-order valence-corrected chi connectivity index (χ4v) is 4.06. The number of hydrogen-bond acceptors (Lipinski definition) is 4. The minimum Gasteiger partial charge on any atom is -0.378 e. The van der Waals surface area contributed by atoms with E-state index in [0.29, 0.717) is 48.3 Å². The van der Waals surface area contributed by atoms with Crippen LogP contribution in [0.2, 0.25) is 5.02 Å². The molecule has 0 unspecified atom stereocenters. The summed E-state index contributed by atoms with van der Waals surface area (Å²) in [6, 6.07) is 14.5. The van der Waals surface area contributed by atoms with E-state index in [-0.39, 0.29) is 28.3 Å². The highest BCUT2D eigenvalue weighted by molar-refractivity contribution is 8.00. The molecule has 1 aliphatic heterocycles. The van der Waals surface area contributed by atoms with Gasteiger partial charge in [0, 0.05) is 28.6 Å². The van der Waals surface area contributed by atoms with Gasteiger partial charge in [0.25, 0.3) is 5.91 Å². The van der Waals surface area contributed by atoms with Crippen LogP contribution in [0.15, 0.2) is 59.5 Å². The number of rotatable bonds is 4. The van der Waals surface area contributed by atoms with E-state index in [2.05, 4.69) is 5.10 Å². The summed E-state index contributed by atoms with van der Waals surface area (Å²) in [6.45, 7) is 1.81. The highest BCUT2D eigenvalue weighted by atomic mass is 35.5. The summed E-state index contributed by atoms with van der Waals surface area (Å²) in [4.78, 5) is 14.7. The molecule has 0 aliphatic carbocycles. The smallest absolute Gasteiger partial charge is 0.378 e. The summed E-state index contributed by atoms with van der Waals surface area (Å²) in [5, 5.41) is 4.95. The Kier molecular flexibility index (Phi) is 6.27. The maximum Gasteiger partial charge on any atom is 0.446 e. The van der Waals surface area contributed by atoms with Gasteiger partial charge >= 0.3 is 5.51 Å². The zero-order valence-corrected chi connectivity index (χ0v) is 17.7. The molecule has 162 valence electrons. The molecule has 0 radical (unpaired) electrons. The van der Waals surface area contributed by atoms with E-state index in [1.54, 1.807) is 47.4 Å². The summed E-state index contributed by atoms with van der Waals surface area (Å²) >= 11 is 5.93. The third kappa shape index (κ3) is 5.23. The quantitative estimate of drug-likeness (QED) is 0.490. The van der Waals surface area contributed by atoms with Crippen molar-refractivity contribution < 1.29 is 22.7 Å².